The lowest BCUT2D eigenvalue weighted by Gasteiger charge is -2.18. The molecule has 0 heterocycles. The van der Waals surface area contributed by atoms with E-state index in [0.29, 0.717) is 0 Å². The predicted octanol–water partition coefficient (Wildman–Crippen LogP) is 4.42. The van der Waals surface area contributed by atoms with Gasteiger partial charge in [-0.25, -0.2) is 4.79 Å². The van der Waals surface area contributed by atoms with Gasteiger partial charge in [0, 0.05) is 11.7 Å². The number of benzene rings is 1. The van der Waals surface area contributed by atoms with Gasteiger partial charge < -0.3 is 10.6 Å². The number of rotatable bonds is 7. The molecule has 0 bridgehead atoms. The number of anilines is 1. The van der Waals surface area contributed by atoms with Crippen LogP contribution in [0, 0.1) is 0 Å². The van der Waals surface area contributed by atoms with Gasteiger partial charge in [-0.15, -0.1) is 0 Å². The highest BCUT2D eigenvalue weighted by atomic mass is 16.2. The molecule has 19 heavy (non-hydrogen) atoms. The SMILES string of the molecule is C=Cc1ccccc1NC(=O)NC(CCC)CCC. The fourth-order valence-electron chi connectivity index (χ4n) is 2.12. The zero-order valence-corrected chi connectivity index (χ0v) is 11.9. The molecule has 0 radical (unpaired) electrons. The van der Waals surface area contributed by atoms with Gasteiger partial charge in [0.1, 0.15) is 0 Å². The molecule has 0 fully saturated rings. The van der Waals surface area contributed by atoms with Crippen LogP contribution in [0.15, 0.2) is 30.8 Å². The van der Waals surface area contributed by atoms with Crippen LogP contribution in [-0.2, 0) is 0 Å². The Bertz CT molecular complexity index is 409. The van der Waals surface area contributed by atoms with Crippen LogP contribution in [0.25, 0.3) is 6.08 Å². The van der Waals surface area contributed by atoms with Crippen molar-refractivity contribution in [3.05, 3.63) is 36.4 Å². The smallest absolute Gasteiger partial charge is 0.319 e. The van der Waals surface area contributed by atoms with Gasteiger partial charge in [-0.05, 0) is 24.5 Å². The van der Waals surface area contributed by atoms with Crippen LogP contribution < -0.4 is 10.6 Å². The fraction of sp³-hybridized carbons (Fsp3) is 0.438. The fourth-order valence-corrected chi connectivity index (χ4v) is 2.12. The van der Waals surface area contributed by atoms with E-state index in [1.54, 1.807) is 6.08 Å². The quantitative estimate of drug-likeness (QED) is 0.748. The van der Waals surface area contributed by atoms with Gasteiger partial charge in [0.05, 0.1) is 0 Å². The highest BCUT2D eigenvalue weighted by Gasteiger charge is 2.11. The largest absolute Gasteiger partial charge is 0.335 e. The molecule has 0 spiro atoms. The molecule has 0 aliphatic heterocycles. The van der Waals surface area contributed by atoms with Crippen molar-refractivity contribution in [1.82, 2.24) is 5.32 Å². The van der Waals surface area contributed by atoms with Crippen molar-refractivity contribution >= 4 is 17.8 Å². The Morgan fingerprint density at radius 2 is 1.89 bits per heavy atom. The molecule has 0 saturated carbocycles. The molecule has 3 nitrogen and oxygen atoms in total. The number of carbonyl (C=O) groups is 1. The number of hydrogen-bond acceptors (Lipinski definition) is 1. The molecule has 0 atom stereocenters. The molecular formula is C16H24N2O. The minimum atomic E-state index is -0.138. The predicted molar refractivity (Wildman–Crippen MR) is 82.3 cm³/mol. The van der Waals surface area contributed by atoms with Crippen molar-refractivity contribution < 1.29 is 4.79 Å². The van der Waals surface area contributed by atoms with Crippen molar-refractivity contribution in [3.8, 4) is 0 Å². The Balaban J connectivity index is 2.60. The highest BCUT2D eigenvalue weighted by Crippen LogP contribution is 2.16. The van der Waals surface area contributed by atoms with Crippen molar-refractivity contribution in [2.45, 2.75) is 45.6 Å². The summed E-state index contributed by atoms with van der Waals surface area (Å²) in [6.45, 7) is 8.02. The monoisotopic (exact) mass is 260 g/mol. The lowest BCUT2D eigenvalue weighted by Crippen LogP contribution is -2.37. The first-order valence-electron chi connectivity index (χ1n) is 7.00. The number of hydrogen-bond donors (Lipinski definition) is 2. The van der Waals surface area contributed by atoms with E-state index >= 15 is 0 Å². The van der Waals surface area contributed by atoms with Crippen LogP contribution >= 0.6 is 0 Å². The van der Waals surface area contributed by atoms with E-state index in [4.69, 9.17) is 0 Å². The Morgan fingerprint density at radius 1 is 1.26 bits per heavy atom. The maximum absolute atomic E-state index is 12.0. The van der Waals surface area contributed by atoms with Crippen LogP contribution in [0.2, 0.25) is 0 Å². The molecule has 1 rings (SSSR count). The van der Waals surface area contributed by atoms with Crippen LogP contribution in [0.3, 0.4) is 0 Å². The van der Waals surface area contributed by atoms with Crippen LogP contribution in [0.1, 0.15) is 45.1 Å². The number of nitrogens with one attached hydrogen (secondary N) is 2. The molecule has 0 aliphatic rings. The van der Waals surface area contributed by atoms with Gasteiger partial charge in [-0.3, -0.25) is 0 Å². The molecular weight excluding hydrogens is 236 g/mol. The number of amides is 2. The second-order valence-electron chi connectivity index (χ2n) is 4.66. The van der Waals surface area contributed by atoms with Crippen LogP contribution in [-0.4, -0.2) is 12.1 Å². The van der Waals surface area contributed by atoms with Crippen LogP contribution in [0.4, 0.5) is 10.5 Å². The van der Waals surface area contributed by atoms with E-state index in [1.807, 2.05) is 24.3 Å². The summed E-state index contributed by atoms with van der Waals surface area (Å²) in [5, 5.41) is 5.92. The van der Waals surface area contributed by atoms with Crippen molar-refractivity contribution in [2.75, 3.05) is 5.32 Å². The summed E-state index contributed by atoms with van der Waals surface area (Å²) < 4.78 is 0. The molecule has 1 aromatic carbocycles. The zero-order valence-electron chi connectivity index (χ0n) is 11.9. The third-order valence-corrected chi connectivity index (χ3v) is 3.04. The van der Waals surface area contributed by atoms with Crippen molar-refractivity contribution in [2.24, 2.45) is 0 Å². The summed E-state index contributed by atoms with van der Waals surface area (Å²) >= 11 is 0. The first-order chi connectivity index (χ1) is 9.21. The number of urea groups is 1. The first-order valence-corrected chi connectivity index (χ1v) is 7.00. The standard InChI is InChI=1S/C16H24N2O/c1-4-9-14(10-5-2)17-16(19)18-15-12-8-7-11-13(15)6-3/h6-8,11-12,14H,3-5,9-10H2,1-2H3,(H2,17,18,19). The lowest BCUT2D eigenvalue weighted by molar-refractivity contribution is 0.246. The van der Waals surface area contributed by atoms with E-state index in [-0.39, 0.29) is 12.1 Å². The molecule has 0 aromatic heterocycles. The highest BCUT2D eigenvalue weighted by molar-refractivity contribution is 5.91. The molecule has 1 aromatic rings. The van der Waals surface area contributed by atoms with Crippen molar-refractivity contribution in [3.63, 3.8) is 0 Å². The maximum atomic E-state index is 12.0. The topological polar surface area (TPSA) is 41.1 Å². The molecule has 2 amide bonds. The number of para-hydroxylation sites is 1. The molecule has 0 unspecified atom stereocenters. The normalized spacial score (nSPS) is 10.3. The minimum Gasteiger partial charge on any atom is -0.335 e. The van der Waals surface area contributed by atoms with E-state index < -0.39 is 0 Å². The summed E-state index contributed by atoms with van der Waals surface area (Å²) in [6.07, 6.45) is 5.93. The van der Waals surface area contributed by atoms with E-state index in [0.717, 1.165) is 36.9 Å². The number of carbonyl (C=O) groups excluding carboxylic acids is 1. The van der Waals surface area contributed by atoms with Gasteiger partial charge in [0.2, 0.25) is 0 Å². The van der Waals surface area contributed by atoms with Crippen LogP contribution in [0.5, 0.6) is 0 Å². The summed E-state index contributed by atoms with van der Waals surface area (Å²) in [4.78, 5) is 12.0. The van der Waals surface area contributed by atoms with E-state index in [2.05, 4.69) is 31.1 Å². The van der Waals surface area contributed by atoms with Crippen molar-refractivity contribution in [1.29, 1.82) is 0 Å². The maximum Gasteiger partial charge on any atom is 0.319 e. The Kier molecular flexibility index (Phi) is 6.72. The molecule has 104 valence electrons. The second kappa shape index (κ2) is 8.35. The summed E-state index contributed by atoms with van der Waals surface area (Å²) in [5.74, 6) is 0. The third kappa shape index (κ3) is 5.16. The first kappa shape index (κ1) is 15.3. The molecule has 0 aliphatic carbocycles. The minimum absolute atomic E-state index is 0.138. The van der Waals surface area contributed by atoms with Gasteiger partial charge in [-0.2, -0.15) is 0 Å². The molecule has 2 N–H and O–H groups in total. The Labute approximate surface area is 116 Å². The molecule has 3 heteroatoms. The second-order valence-corrected chi connectivity index (χ2v) is 4.66. The zero-order chi connectivity index (χ0) is 14.1. The van der Waals surface area contributed by atoms with E-state index in [1.165, 1.54) is 0 Å². The summed E-state index contributed by atoms with van der Waals surface area (Å²) in [5.41, 5.74) is 1.72. The average molecular weight is 260 g/mol. The Morgan fingerprint density at radius 3 is 2.47 bits per heavy atom. The summed E-state index contributed by atoms with van der Waals surface area (Å²) in [6, 6.07) is 7.76. The third-order valence-electron chi connectivity index (χ3n) is 3.04. The van der Waals surface area contributed by atoms with Gasteiger partial charge in [0.25, 0.3) is 0 Å². The molecule has 0 saturated heterocycles. The van der Waals surface area contributed by atoms with Gasteiger partial charge >= 0.3 is 6.03 Å². The van der Waals surface area contributed by atoms with E-state index in [9.17, 15) is 4.79 Å². The summed E-state index contributed by atoms with van der Waals surface area (Å²) in [7, 11) is 0. The van der Waals surface area contributed by atoms with Gasteiger partial charge in [-0.1, -0.05) is 57.5 Å². The van der Waals surface area contributed by atoms with Gasteiger partial charge in [0.15, 0.2) is 0 Å². The Hall–Kier alpha value is -1.77. The average Bonchev–Trinajstić information content (AvgIpc) is 2.40. The lowest BCUT2D eigenvalue weighted by atomic mass is 10.1.